The number of hydrogen-bond donors (Lipinski definition) is 1. The number of nitrogens with two attached hydrogens (primary N) is 1. The summed E-state index contributed by atoms with van der Waals surface area (Å²) in [5.41, 5.74) is 8.83. The zero-order chi connectivity index (χ0) is 9.84. The van der Waals surface area contributed by atoms with E-state index in [9.17, 15) is 0 Å². The van der Waals surface area contributed by atoms with Gasteiger partial charge in [0.15, 0.2) is 0 Å². The molecule has 1 aromatic carbocycles. The van der Waals surface area contributed by atoms with E-state index in [0.717, 1.165) is 17.0 Å². The maximum absolute atomic E-state index is 5.83. The lowest BCUT2D eigenvalue weighted by atomic mass is 10.1. The summed E-state index contributed by atoms with van der Waals surface area (Å²) in [5.74, 6) is 0. The molecule has 0 radical (unpaired) electrons. The summed E-state index contributed by atoms with van der Waals surface area (Å²) in [6, 6.07) is 8.02. The molecule has 0 aliphatic heterocycles. The third-order valence-electron chi connectivity index (χ3n) is 1.90. The van der Waals surface area contributed by atoms with Crippen molar-refractivity contribution in [3.8, 4) is 0 Å². The number of benzene rings is 1. The Hall–Kier alpha value is -1.31. The average Bonchev–Trinajstić information content (AvgIpc) is 2.03. The van der Waals surface area contributed by atoms with Crippen LogP contribution in [-0.4, -0.2) is 5.71 Å². The Morgan fingerprint density at radius 3 is 2.46 bits per heavy atom. The molecule has 0 amide bonds. The maximum Gasteiger partial charge on any atom is 0.0739 e. The van der Waals surface area contributed by atoms with Crippen LogP contribution in [0.1, 0.15) is 32.4 Å². The van der Waals surface area contributed by atoms with E-state index in [-0.39, 0.29) is 6.04 Å². The predicted molar refractivity (Wildman–Crippen MR) is 58.1 cm³/mol. The van der Waals surface area contributed by atoms with Crippen molar-refractivity contribution in [2.24, 2.45) is 4.99 Å². The number of nitrogens with zero attached hydrogens (tertiary/aromatic N) is 1. The number of nitrogen functional groups attached to an aromatic ring is 1. The molecule has 2 N–H and O–H groups in total. The molecule has 1 atom stereocenters. The molecule has 70 valence electrons. The maximum atomic E-state index is 5.83. The highest BCUT2D eigenvalue weighted by atomic mass is 14.8. The standard InChI is InChI=1S/C11H16N2/c1-8(2)13-9(3)10-6-4-5-7-11(10)12/h4-7,9H,12H2,1-3H3. The fraction of sp³-hybridized carbons (Fsp3) is 0.364. The molecule has 0 bridgehead atoms. The van der Waals surface area contributed by atoms with Gasteiger partial charge in [-0.05, 0) is 32.4 Å². The lowest BCUT2D eigenvalue weighted by Crippen LogP contribution is -1.98. The first-order chi connectivity index (χ1) is 6.11. The fourth-order valence-corrected chi connectivity index (χ4v) is 1.35. The molecule has 13 heavy (non-hydrogen) atoms. The van der Waals surface area contributed by atoms with E-state index in [1.165, 1.54) is 0 Å². The van der Waals surface area contributed by atoms with E-state index in [1.54, 1.807) is 0 Å². The summed E-state index contributed by atoms with van der Waals surface area (Å²) in [7, 11) is 0. The van der Waals surface area contributed by atoms with Gasteiger partial charge in [0.25, 0.3) is 0 Å². The second-order valence-electron chi connectivity index (χ2n) is 3.38. The second-order valence-corrected chi connectivity index (χ2v) is 3.38. The fourth-order valence-electron chi connectivity index (χ4n) is 1.35. The molecule has 0 heterocycles. The van der Waals surface area contributed by atoms with Crippen LogP contribution in [0.4, 0.5) is 5.69 Å². The van der Waals surface area contributed by atoms with Crippen LogP contribution in [0.15, 0.2) is 29.3 Å². The largest absolute Gasteiger partial charge is 0.398 e. The molecule has 1 rings (SSSR count). The third kappa shape index (κ3) is 2.58. The zero-order valence-electron chi connectivity index (χ0n) is 8.41. The summed E-state index contributed by atoms with van der Waals surface area (Å²) in [6.07, 6.45) is 0. The molecular formula is C11H16N2. The molecule has 0 fully saturated rings. The van der Waals surface area contributed by atoms with Gasteiger partial charge in [-0.3, -0.25) is 4.99 Å². The van der Waals surface area contributed by atoms with Crippen LogP contribution in [0.2, 0.25) is 0 Å². The first-order valence-corrected chi connectivity index (χ1v) is 4.46. The van der Waals surface area contributed by atoms with Crippen LogP contribution in [-0.2, 0) is 0 Å². The summed E-state index contributed by atoms with van der Waals surface area (Å²) in [5, 5.41) is 0. The van der Waals surface area contributed by atoms with Crippen LogP contribution >= 0.6 is 0 Å². The van der Waals surface area contributed by atoms with Crippen molar-refractivity contribution >= 4 is 11.4 Å². The van der Waals surface area contributed by atoms with E-state index in [0.29, 0.717) is 0 Å². The van der Waals surface area contributed by atoms with E-state index >= 15 is 0 Å². The van der Waals surface area contributed by atoms with E-state index < -0.39 is 0 Å². The van der Waals surface area contributed by atoms with Crippen molar-refractivity contribution in [2.45, 2.75) is 26.8 Å². The summed E-state index contributed by atoms with van der Waals surface area (Å²) < 4.78 is 0. The highest BCUT2D eigenvalue weighted by molar-refractivity contribution is 5.79. The van der Waals surface area contributed by atoms with Gasteiger partial charge in [0.2, 0.25) is 0 Å². The molecule has 2 nitrogen and oxygen atoms in total. The summed E-state index contributed by atoms with van der Waals surface area (Å²) in [6.45, 7) is 6.05. The van der Waals surface area contributed by atoms with Gasteiger partial charge in [-0.15, -0.1) is 0 Å². The summed E-state index contributed by atoms with van der Waals surface area (Å²) in [4.78, 5) is 4.45. The second kappa shape index (κ2) is 4.08. The highest BCUT2D eigenvalue weighted by Gasteiger charge is 2.05. The zero-order valence-corrected chi connectivity index (χ0v) is 8.41. The minimum absolute atomic E-state index is 0.159. The Kier molecular flexibility index (Phi) is 3.07. The Labute approximate surface area is 79.5 Å². The molecule has 0 saturated heterocycles. The van der Waals surface area contributed by atoms with Gasteiger partial charge in [0.05, 0.1) is 6.04 Å². The van der Waals surface area contributed by atoms with Gasteiger partial charge in [-0.2, -0.15) is 0 Å². The van der Waals surface area contributed by atoms with Gasteiger partial charge in [-0.25, -0.2) is 0 Å². The Bertz CT molecular complexity index is 312. The number of rotatable bonds is 2. The van der Waals surface area contributed by atoms with Gasteiger partial charge >= 0.3 is 0 Å². The Morgan fingerprint density at radius 2 is 1.92 bits per heavy atom. The van der Waals surface area contributed by atoms with Crippen molar-refractivity contribution in [1.29, 1.82) is 0 Å². The SMILES string of the molecule is CC(C)=NC(C)c1ccccc1N. The smallest absolute Gasteiger partial charge is 0.0739 e. The van der Waals surface area contributed by atoms with E-state index in [2.05, 4.69) is 11.9 Å². The molecule has 0 aromatic heterocycles. The van der Waals surface area contributed by atoms with Crippen molar-refractivity contribution < 1.29 is 0 Å². The molecule has 1 unspecified atom stereocenters. The van der Waals surface area contributed by atoms with Crippen LogP contribution < -0.4 is 5.73 Å². The third-order valence-corrected chi connectivity index (χ3v) is 1.90. The average molecular weight is 176 g/mol. The minimum Gasteiger partial charge on any atom is -0.398 e. The van der Waals surface area contributed by atoms with Crippen LogP contribution in [0.3, 0.4) is 0 Å². The van der Waals surface area contributed by atoms with Gasteiger partial charge in [0.1, 0.15) is 0 Å². The van der Waals surface area contributed by atoms with Gasteiger partial charge < -0.3 is 5.73 Å². The molecule has 0 aliphatic carbocycles. The quantitative estimate of drug-likeness (QED) is 0.546. The number of aliphatic imine (C=N–C) groups is 1. The van der Waals surface area contributed by atoms with Crippen molar-refractivity contribution in [2.75, 3.05) is 5.73 Å². The van der Waals surface area contributed by atoms with Gasteiger partial charge in [0, 0.05) is 11.4 Å². The van der Waals surface area contributed by atoms with E-state index in [1.807, 2.05) is 38.1 Å². The summed E-state index contributed by atoms with van der Waals surface area (Å²) >= 11 is 0. The van der Waals surface area contributed by atoms with Crippen LogP contribution in [0.25, 0.3) is 0 Å². The van der Waals surface area contributed by atoms with E-state index in [4.69, 9.17) is 5.73 Å². The number of para-hydroxylation sites is 1. The number of hydrogen-bond acceptors (Lipinski definition) is 2. The van der Waals surface area contributed by atoms with Crippen molar-refractivity contribution in [3.05, 3.63) is 29.8 Å². The van der Waals surface area contributed by atoms with Crippen LogP contribution in [0, 0.1) is 0 Å². The normalized spacial score (nSPS) is 12.2. The molecular weight excluding hydrogens is 160 g/mol. The molecule has 0 aliphatic rings. The Morgan fingerprint density at radius 1 is 1.31 bits per heavy atom. The monoisotopic (exact) mass is 176 g/mol. The first-order valence-electron chi connectivity index (χ1n) is 4.46. The van der Waals surface area contributed by atoms with Gasteiger partial charge in [-0.1, -0.05) is 18.2 Å². The van der Waals surface area contributed by atoms with Crippen molar-refractivity contribution in [1.82, 2.24) is 0 Å². The molecule has 0 spiro atoms. The Balaban J connectivity index is 2.95. The number of anilines is 1. The highest BCUT2D eigenvalue weighted by Crippen LogP contribution is 2.22. The van der Waals surface area contributed by atoms with Crippen LogP contribution in [0.5, 0.6) is 0 Å². The lowest BCUT2D eigenvalue weighted by Gasteiger charge is -2.10. The lowest BCUT2D eigenvalue weighted by molar-refractivity contribution is 0.821. The molecule has 0 saturated carbocycles. The topological polar surface area (TPSA) is 38.4 Å². The minimum atomic E-state index is 0.159. The predicted octanol–water partition coefficient (Wildman–Crippen LogP) is 2.81. The first kappa shape index (κ1) is 9.78. The van der Waals surface area contributed by atoms with Crippen molar-refractivity contribution in [3.63, 3.8) is 0 Å². The molecule has 2 heteroatoms. The molecule has 1 aromatic rings.